The van der Waals surface area contributed by atoms with Crippen LogP contribution in [0.5, 0.6) is 11.5 Å². The molecule has 0 aliphatic rings. The number of fused-ring (bicyclic) bond motifs is 1. The van der Waals surface area contributed by atoms with Crippen LogP contribution in [0.2, 0.25) is 5.02 Å². The maximum Gasteiger partial charge on any atom is 0.251 e. The van der Waals surface area contributed by atoms with Gasteiger partial charge >= 0.3 is 0 Å². The number of carbonyl (C=O) groups excluding carboxylic acids is 1. The molecule has 0 saturated heterocycles. The van der Waals surface area contributed by atoms with E-state index in [1.54, 1.807) is 18.2 Å². The zero-order chi connectivity index (χ0) is 16.6. The number of hydrogen-bond acceptors (Lipinski definition) is 3. The molecule has 2 N–H and O–H groups in total. The number of aromatic nitrogens is 1. The van der Waals surface area contributed by atoms with Crippen LogP contribution in [-0.2, 0) is 0 Å². The summed E-state index contributed by atoms with van der Waals surface area (Å²) in [5.41, 5.74) is 4.82. The lowest BCUT2D eigenvalue weighted by atomic mass is 10.1. The van der Waals surface area contributed by atoms with Crippen LogP contribution in [0.25, 0.3) is 10.9 Å². The van der Waals surface area contributed by atoms with E-state index in [9.17, 15) is 13.6 Å². The van der Waals surface area contributed by atoms with Crippen molar-refractivity contribution in [1.29, 1.82) is 0 Å². The zero-order valence-corrected chi connectivity index (χ0v) is 12.3. The molecule has 0 aliphatic carbocycles. The third kappa shape index (κ3) is 2.80. The Kier molecular flexibility index (Phi) is 3.83. The lowest BCUT2D eigenvalue weighted by Gasteiger charge is -2.11. The van der Waals surface area contributed by atoms with Crippen molar-refractivity contribution in [1.82, 2.24) is 4.98 Å². The summed E-state index contributed by atoms with van der Waals surface area (Å²) in [5.74, 6) is -3.14. The SMILES string of the molecule is NC(=O)c1cc(F)c(Oc2ccc(Cl)c3cccnc23)cc1F. The van der Waals surface area contributed by atoms with E-state index in [4.69, 9.17) is 22.1 Å². The van der Waals surface area contributed by atoms with Crippen molar-refractivity contribution < 1.29 is 18.3 Å². The van der Waals surface area contributed by atoms with Gasteiger partial charge in [-0.1, -0.05) is 11.6 Å². The normalized spacial score (nSPS) is 10.7. The molecular weight excluding hydrogens is 326 g/mol. The molecule has 0 unspecified atom stereocenters. The summed E-state index contributed by atoms with van der Waals surface area (Å²) in [6, 6.07) is 7.94. The summed E-state index contributed by atoms with van der Waals surface area (Å²) in [7, 11) is 0. The van der Waals surface area contributed by atoms with E-state index >= 15 is 0 Å². The molecular formula is C16H9ClF2N2O2. The first kappa shape index (κ1) is 15.2. The van der Waals surface area contributed by atoms with E-state index in [2.05, 4.69) is 4.98 Å². The molecule has 4 nitrogen and oxygen atoms in total. The molecule has 0 spiro atoms. The lowest BCUT2D eigenvalue weighted by molar-refractivity contribution is 0.0996. The number of pyridine rings is 1. The molecule has 0 saturated carbocycles. The van der Waals surface area contributed by atoms with Crippen molar-refractivity contribution in [2.24, 2.45) is 5.73 Å². The van der Waals surface area contributed by atoms with Crippen molar-refractivity contribution in [3.63, 3.8) is 0 Å². The number of primary amides is 1. The van der Waals surface area contributed by atoms with Crippen LogP contribution in [0.15, 0.2) is 42.6 Å². The molecule has 3 rings (SSSR count). The minimum absolute atomic E-state index is 0.204. The Morgan fingerprint density at radius 1 is 1.13 bits per heavy atom. The summed E-state index contributed by atoms with van der Waals surface area (Å²) in [4.78, 5) is 15.1. The predicted octanol–water partition coefficient (Wildman–Crippen LogP) is 4.06. The second-order valence-electron chi connectivity index (χ2n) is 4.67. The summed E-state index contributed by atoms with van der Waals surface area (Å²) in [6.07, 6.45) is 1.53. The number of nitrogens with two attached hydrogens (primary N) is 1. The maximum atomic E-state index is 14.0. The van der Waals surface area contributed by atoms with Gasteiger partial charge in [0.2, 0.25) is 0 Å². The van der Waals surface area contributed by atoms with Gasteiger partial charge in [0.05, 0.1) is 10.6 Å². The Morgan fingerprint density at radius 3 is 2.65 bits per heavy atom. The third-order valence-electron chi connectivity index (χ3n) is 3.19. The van der Waals surface area contributed by atoms with Crippen LogP contribution >= 0.6 is 11.6 Å². The molecule has 0 radical (unpaired) electrons. The Balaban J connectivity index is 2.08. The number of halogens is 3. The molecule has 0 aliphatic heterocycles. The van der Waals surface area contributed by atoms with Crippen LogP contribution in [0.3, 0.4) is 0 Å². The minimum atomic E-state index is -1.06. The smallest absolute Gasteiger partial charge is 0.251 e. The molecule has 1 heterocycles. The highest BCUT2D eigenvalue weighted by Crippen LogP contribution is 2.34. The van der Waals surface area contributed by atoms with Gasteiger partial charge < -0.3 is 10.5 Å². The number of nitrogens with zero attached hydrogens (tertiary/aromatic N) is 1. The molecule has 0 fully saturated rings. The predicted molar refractivity (Wildman–Crippen MR) is 81.7 cm³/mol. The maximum absolute atomic E-state index is 14.0. The van der Waals surface area contributed by atoms with Crippen molar-refractivity contribution >= 4 is 28.4 Å². The van der Waals surface area contributed by atoms with E-state index in [0.717, 1.165) is 6.07 Å². The second kappa shape index (κ2) is 5.81. The van der Waals surface area contributed by atoms with Crippen LogP contribution in [0, 0.1) is 11.6 Å². The molecule has 116 valence electrons. The van der Waals surface area contributed by atoms with Crippen LogP contribution in [-0.4, -0.2) is 10.9 Å². The topological polar surface area (TPSA) is 65.2 Å². The van der Waals surface area contributed by atoms with Crippen LogP contribution < -0.4 is 10.5 Å². The minimum Gasteiger partial charge on any atom is -0.452 e. The Hall–Kier alpha value is -2.73. The summed E-state index contributed by atoms with van der Waals surface area (Å²) >= 11 is 6.06. The number of amides is 1. The highest BCUT2D eigenvalue weighted by molar-refractivity contribution is 6.35. The van der Waals surface area contributed by atoms with Gasteiger partial charge in [-0.05, 0) is 30.3 Å². The monoisotopic (exact) mass is 334 g/mol. The molecule has 1 amide bonds. The Labute approximate surface area is 134 Å². The second-order valence-corrected chi connectivity index (χ2v) is 5.08. The Bertz CT molecular complexity index is 931. The number of benzene rings is 2. The summed E-state index contributed by atoms with van der Waals surface area (Å²) < 4.78 is 33.2. The molecule has 1 aromatic heterocycles. The van der Waals surface area contributed by atoms with Gasteiger partial charge in [0, 0.05) is 17.6 Å². The van der Waals surface area contributed by atoms with Gasteiger partial charge in [-0.3, -0.25) is 9.78 Å². The van der Waals surface area contributed by atoms with E-state index in [1.165, 1.54) is 12.3 Å². The lowest BCUT2D eigenvalue weighted by Crippen LogP contribution is -2.13. The van der Waals surface area contributed by atoms with Gasteiger partial charge in [0.1, 0.15) is 11.3 Å². The van der Waals surface area contributed by atoms with E-state index in [0.29, 0.717) is 22.0 Å². The average molecular weight is 335 g/mol. The number of rotatable bonds is 3. The summed E-state index contributed by atoms with van der Waals surface area (Å²) in [6.45, 7) is 0. The quantitative estimate of drug-likeness (QED) is 0.785. The van der Waals surface area contributed by atoms with Crippen molar-refractivity contribution in [3.05, 3.63) is 64.8 Å². The number of hydrogen-bond donors (Lipinski definition) is 1. The molecule has 23 heavy (non-hydrogen) atoms. The van der Waals surface area contributed by atoms with Crippen molar-refractivity contribution in [2.75, 3.05) is 0 Å². The standard InChI is InChI=1S/C16H9ClF2N2O2/c17-10-3-4-13(15-8(10)2-1-5-21-15)23-14-7-11(18)9(16(20)22)6-12(14)19/h1-7H,(H2,20,22). The van der Waals surface area contributed by atoms with Crippen molar-refractivity contribution in [3.8, 4) is 11.5 Å². The first-order chi connectivity index (χ1) is 11.0. The van der Waals surface area contributed by atoms with Crippen LogP contribution in [0.4, 0.5) is 8.78 Å². The molecule has 7 heteroatoms. The largest absolute Gasteiger partial charge is 0.452 e. The fraction of sp³-hybridized carbons (Fsp3) is 0. The first-order valence-electron chi connectivity index (χ1n) is 6.47. The van der Waals surface area contributed by atoms with Crippen molar-refractivity contribution in [2.45, 2.75) is 0 Å². The fourth-order valence-corrected chi connectivity index (χ4v) is 2.32. The molecule has 2 aromatic carbocycles. The van der Waals surface area contributed by atoms with Crippen LogP contribution in [0.1, 0.15) is 10.4 Å². The molecule has 0 bridgehead atoms. The highest BCUT2D eigenvalue weighted by atomic mass is 35.5. The fourth-order valence-electron chi connectivity index (χ4n) is 2.11. The molecule has 0 atom stereocenters. The van der Waals surface area contributed by atoms with Gasteiger partial charge in [0.15, 0.2) is 17.3 Å². The zero-order valence-electron chi connectivity index (χ0n) is 11.5. The average Bonchev–Trinajstić information content (AvgIpc) is 2.53. The van der Waals surface area contributed by atoms with E-state index in [-0.39, 0.29) is 11.5 Å². The molecule has 3 aromatic rings. The van der Waals surface area contributed by atoms with E-state index in [1.807, 2.05) is 0 Å². The van der Waals surface area contributed by atoms with Gasteiger partial charge in [-0.2, -0.15) is 0 Å². The summed E-state index contributed by atoms with van der Waals surface area (Å²) in [5, 5.41) is 1.07. The Morgan fingerprint density at radius 2 is 1.91 bits per heavy atom. The highest BCUT2D eigenvalue weighted by Gasteiger charge is 2.16. The number of ether oxygens (including phenoxy) is 1. The number of carbonyl (C=O) groups is 1. The first-order valence-corrected chi connectivity index (χ1v) is 6.85. The van der Waals surface area contributed by atoms with Gasteiger partial charge in [-0.25, -0.2) is 8.78 Å². The van der Waals surface area contributed by atoms with Gasteiger partial charge in [0.25, 0.3) is 5.91 Å². The van der Waals surface area contributed by atoms with E-state index < -0.39 is 23.1 Å². The third-order valence-corrected chi connectivity index (χ3v) is 3.52. The van der Waals surface area contributed by atoms with Gasteiger partial charge in [-0.15, -0.1) is 0 Å².